The summed E-state index contributed by atoms with van der Waals surface area (Å²) in [6.45, 7) is 2.02. The second kappa shape index (κ2) is 3.79. The minimum Gasteiger partial charge on any atom is -0.489 e. The molecule has 2 heterocycles. The molecular formula is C11H12N2OS. The number of fused-ring (bicyclic) bond motifs is 1. The number of nitrogens with zero attached hydrogens (tertiary/aromatic N) is 1. The number of rotatable bonds is 2. The van der Waals surface area contributed by atoms with Crippen molar-refractivity contribution < 1.29 is 4.74 Å². The van der Waals surface area contributed by atoms with Crippen LogP contribution in [0.15, 0.2) is 24.4 Å². The van der Waals surface area contributed by atoms with Crippen LogP contribution >= 0.6 is 11.5 Å². The van der Waals surface area contributed by atoms with E-state index in [9.17, 15) is 0 Å². The van der Waals surface area contributed by atoms with Crippen LogP contribution in [0.3, 0.4) is 0 Å². The van der Waals surface area contributed by atoms with Gasteiger partial charge < -0.3 is 10.1 Å². The van der Waals surface area contributed by atoms with Crippen molar-refractivity contribution in [3.8, 4) is 5.75 Å². The minimum atomic E-state index is 0.329. The molecule has 3 nitrogen and oxygen atoms in total. The van der Waals surface area contributed by atoms with Gasteiger partial charge in [0, 0.05) is 18.1 Å². The molecule has 1 aliphatic rings. The molecule has 1 aliphatic heterocycles. The zero-order valence-corrected chi connectivity index (χ0v) is 9.09. The molecule has 3 rings (SSSR count). The SMILES string of the molecule is c1cc2cnsc2cc1OC1CCNC1. The van der Waals surface area contributed by atoms with E-state index in [1.165, 1.54) is 21.6 Å². The van der Waals surface area contributed by atoms with Crippen molar-refractivity contribution in [1.82, 2.24) is 9.69 Å². The molecule has 1 atom stereocenters. The molecule has 1 unspecified atom stereocenters. The van der Waals surface area contributed by atoms with E-state index < -0.39 is 0 Å². The molecule has 0 amide bonds. The summed E-state index contributed by atoms with van der Waals surface area (Å²) in [6.07, 6.45) is 3.32. The highest BCUT2D eigenvalue weighted by atomic mass is 32.1. The van der Waals surface area contributed by atoms with Crippen LogP contribution in [0.4, 0.5) is 0 Å². The predicted octanol–water partition coefficient (Wildman–Crippen LogP) is 2.04. The highest BCUT2D eigenvalue weighted by Gasteiger charge is 2.15. The van der Waals surface area contributed by atoms with E-state index in [-0.39, 0.29) is 0 Å². The molecule has 0 radical (unpaired) electrons. The van der Waals surface area contributed by atoms with Gasteiger partial charge in [-0.05, 0) is 42.7 Å². The standard InChI is InChI=1S/C11H12N2OS/c1-2-9(14-10-3-4-12-7-10)5-11-8(1)6-13-15-11/h1-2,5-6,10,12H,3-4,7H2. The summed E-state index contributed by atoms with van der Waals surface area (Å²) in [5.74, 6) is 0.959. The average Bonchev–Trinajstić information content (AvgIpc) is 2.87. The third kappa shape index (κ3) is 1.82. The van der Waals surface area contributed by atoms with Crippen molar-refractivity contribution in [2.45, 2.75) is 12.5 Å². The second-order valence-electron chi connectivity index (χ2n) is 3.76. The van der Waals surface area contributed by atoms with Gasteiger partial charge in [-0.25, -0.2) is 0 Å². The number of benzene rings is 1. The number of hydrogen-bond donors (Lipinski definition) is 1. The summed E-state index contributed by atoms with van der Waals surface area (Å²) in [7, 11) is 0. The van der Waals surface area contributed by atoms with Crippen LogP contribution in [-0.2, 0) is 0 Å². The highest BCUT2D eigenvalue weighted by Crippen LogP contribution is 2.24. The molecule has 1 aromatic heterocycles. The van der Waals surface area contributed by atoms with E-state index >= 15 is 0 Å². The largest absolute Gasteiger partial charge is 0.489 e. The Hall–Kier alpha value is -1.13. The highest BCUT2D eigenvalue weighted by molar-refractivity contribution is 7.13. The molecular weight excluding hydrogens is 208 g/mol. The van der Waals surface area contributed by atoms with E-state index in [0.29, 0.717) is 6.10 Å². The molecule has 0 aliphatic carbocycles. The van der Waals surface area contributed by atoms with Gasteiger partial charge in [0.15, 0.2) is 0 Å². The molecule has 0 bridgehead atoms. The maximum atomic E-state index is 5.87. The Bertz CT molecular complexity index is 462. The first kappa shape index (κ1) is 9.12. The van der Waals surface area contributed by atoms with Gasteiger partial charge in [0.1, 0.15) is 11.9 Å². The van der Waals surface area contributed by atoms with Crippen molar-refractivity contribution in [2.75, 3.05) is 13.1 Å². The Morgan fingerprint density at radius 1 is 1.47 bits per heavy atom. The Morgan fingerprint density at radius 2 is 2.47 bits per heavy atom. The van der Waals surface area contributed by atoms with Gasteiger partial charge in [0.2, 0.25) is 0 Å². The Morgan fingerprint density at radius 3 is 3.33 bits per heavy atom. The molecule has 78 valence electrons. The predicted molar refractivity (Wildman–Crippen MR) is 61.5 cm³/mol. The lowest BCUT2D eigenvalue weighted by molar-refractivity contribution is 0.223. The van der Waals surface area contributed by atoms with Crippen LogP contribution in [0.5, 0.6) is 5.75 Å². The molecule has 1 N–H and O–H groups in total. The monoisotopic (exact) mass is 220 g/mol. The Labute approximate surface area is 92.2 Å². The zero-order chi connectivity index (χ0) is 10.1. The third-order valence-electron chi connectivity index (χ3n) is 2.65. The number of aromatic nitrogens is 1. The lowest BCUT2D eigenvalue weighted by Crippen LogP contribution is -2.19. The van der Waals surface area contributed by atoms with Crippen LogP contribution in [0.25, 0.3) is 10.1 Å². The maximum Gasteiger partial charge on any atom is 0.121 e. The van der Waals surface area contributed by atoms with E-state index in [2.05, 4.69) is 21.8 Å². The van der Waals surface area contributed by atoms with Gasteiger partial charge in [-0.1, -0.05) is 0 Å². The fourth-order valence-electron chi connectivity index (χ4n) is 1.83. The van der Waals surface area contributed by atoms with Crippen molar-refractivity contribution in [1.29, 1.82) is 0 Å². The van der Waals surface area contributed by atoms with E-state index in [4.69, 9.17) is 4.74 Å². The second-order valence-corrected chi connectivity index (χ2v) is 4.59. The van der Waals surface area contributed by atoms with Crippen LogP contribution in [-0.4, -0.2) is 23.6 Å². The third-order valence-corrected chi connectivity index (χ3v) is 3.41. The van der Waals surface area contributed by atoms with Gasteiger partial charge in [-0.15, -0.1) is 0 Å². The first-order valence-corrected chi connectivity index (χ1v) is 5.91. The van der Waals surface area contributed by atoms with Crippen LogP contribution < -0.4 is 10.1 Å². The van der Waals surface area contributed by atoms with Gasteiger partial charge in [-0.2, -0.15) is 4.37 Å². The molecule has 1 saturated heterocycles. The molecule has 1 aromatic carbocycles. The lowest BCUT2D eigenvalue weighted by atomic mass is 10.2. The number of ether oxygens (including phenoxy) is 1. The summed E-state index contributed by atoms with van der Waals surface area (Å²) in [4.78, 5) is 0. The van der Waals surface area contributed by atoms with Crippen LogP contribution in [0, 0.1) is 0 Å². The summed E-state index contributed by atoms with van der Waals surface area (Å²) >= 11 is 1.51. The van der Waals surface area contributed by atoms with Crippen molar-refractivity contribution in [3.05, 3.63) is 24.4 Å². The fourth-order valence-corrected chi connectivity index (χ4v) is 2.51. The summed E-state index contributed by atoms with van der Waals surface area (Å²) in [6, 6.07) is 6.16. The molecule has 0 spiro atoms. The van der Waals surface area contributed by atoms with Crippen molar-refractivity contribution >= 4 is 21.6 Å². The van der Waals surface area contributed by atoms with Gasteiger partial charge in [0.25, 0.3) is 0 Å². The van der Waals surface area contributed by atoms with E-state index in [1.807, 2.05) is 12.3 Å². The van der Waals surface area contributed by atoms with Crippen LogP contribution in [0.1, 0.15) is 6.42 Å². The smallest absolute Gasteiger partial charge is 0.121 e. The van der Waals surface area contributed by atoms with Gasteiger partial charge in [-0.3, -0.25) is 0 Å². The summed E-state index contributed by atoms with van der Waals surface area (Å²) in [5.41, 5.74) is 0. The average molecular weight is 220 g/mol. The van der Waals surface area contributed by atoms with Gasteiger partial charge >= 0.3 is 0 Å². The Balaban J connectivity index is 1.84. The fraction of sp³-hybridized carbons (Fsp3) is 0.364. The molecule has 4 heteroatoms. The topological polar surface area (TPSA) is 34.1 Å². The number of nitrogens with one attached hydrogen (secondary N) is 1. The molecule has 2 aromatic rings. The Kier molecular flexibility index (Phi) is 2.31. The molecule has 15 heavy (non-hydrogen) atoms. The minimum absolute atomic E-state index is 0.329. The number of hydrogen-bond acceptors (Lipinski definition) is 4. The van der Waals surface area contributed by atoms with Crippen molar-refractivity contribution in [3.63, 3.8) is 0 Å². The first-order valence-electron chi connectivity index (χ1n) is 5.14. The lowest BCUT2D eigenvalue weighted by Gasteiger charge is -2.11. The van der Waals surface area contributed by atoms with E-state index in [0.717, 1.165) is 25.3 Å². The van der Waals surface area contributed by atoms with Crippen molar-refractivity contribution in [2.24, 2.45) is 0 Å². The molecule has 0 saturated carbocycles. The summed E-state index contributed by atoms with van der Waals surface area (Å²) in [5, 5.41) is 4.48. The zero-order valence-electron chi connectivity index (χ0n) is 8.27. The van der Waals surface area contributed by atoms with Gasteiger partial charge in [0.05, 0.1) is 4.70 Å². The normalized spacial score (nSPS) is 20.9. The van der Waals surface area contributed by atoms with E-state index in [1.54, 1.807) is 0 Å². The van der Waals surface area contributed by atoms with Crippen LogP contribution in [0.2, 0.25) is 0 Å². The quantitative estimate of drug-likeness (QED) is 0.841. The summed E-state index contributed by atoms with van der Waals surface area (Å²) < 4.78 is 11.2. The first-order chi connectivity index (χ1) is 7.42. The maximum absolute atomic E-state index is 5.87. The molecule has 1 fully saturated rings.